The Balaban J connectivity index is 2.60. The summed E-state index contributed by atoms with van der Waals surface area (Å²) in [6.07, 6.45) is -4.57. The summed E-state index contributed by atoms with van der Waals surface area (Å²) in [4.78, 5) is 3.19. The van der Waals surface area contributed by atoms with Crippen LogP contribution in [0.25, 0.3) is 0 Å². The van der Waals surface area contributed by atoms with Crippen LogP contribution in [0.2, 0.25) is 0 Å². The van der Waals surface area contributed by atoms with E-state index in [1.165, 1.54) is 0 Å². The maximum absolute atomic E-state index is 12.0. The normalized spacial score (nSPS) is 12.4. The second-order valence-electron chi connectivity index (χ2n) is 3.05. The van der Waals surface area contributed by atoms with Crippen molar-refractivity contribution in [2.75, 3.05) is 0 Å². The lowest BCUT2D eigenvalue weighted by atomic mass is 10.4. The molecule has 0 radical (unpaired) electrons. The first kappa shape index (κ1) is 11.0. The zero-order valence-electron chi connectivity index (χ0n) is 7.72. The third-order valence-electron chi connectivity index (χ3n) is 1.38. The molecule has 0 spiro atoms. The Hall–Kier alpha value is -1.11. The van der Waals surface area contributed by atoms with Crippen molar-refractivity contribution in [2.45, 2.75) is 32.6 Å². The smallest absolute Gasteiger partial charge is 0.329 e. The zero-order valence-corrected chi connectivity index (χ0v) is 7.72. The van der Waals surface area contributed by atoms with Crippen LogP contribution in [0.1, 0.15) is 25.6 Å². The van der Waals surface area contributed by atoms with Gasteiger partial charge < -0.3 is 9.84 Å². The Labute approximate surface area is 78.5 Å². The van der Waals surface area contributed by atoms with Crippen LogP contribution in [0, 0.1) is 0 Å². The third kappa shape index (κ3) is 2.99. The molecule has 0 saturated carbocycles. The van der Waals surface area contributed by atoms with Crippen molar-refractivity contribution in [3.05, 3.63) is 11.7 Å². The summed E-state index contributed by atoms with van der Waals surface area (Å²) < 4.78 is 40.0. The summed E-state index contributed by atoms with van der Waals surface area (Å²) in [5, 5.41) is 6.06. The molecule has 14 heavy (non-hydrogen) atoms. The zero-order chi connectivity index (χ0) is 10.8. The van der Waals surface area contributed by atoms with Gasteiger partial charge in [0.05, 0.1) is 6.54 Å². The van der Waals surface area contributed by atoms with E-state index in [2.05, 4.69) is 20.0 Å². The molecule has 4 nitrogen and oxygen atoms in total. The van der Waals surface area contributed by atoms with E-state index in [0.29, 0.717) is 0 Å². The Morgan fingerprint density at radius 2 is 2.07 bits per heavy atom. The lowest BCUT2D eigenvalue weighted by Crippen LogP contribution is -2.22. The van der Waals surface area contributed by atoms with E-state index >= 15 is 0 Å². The van der Waals surface area contributed by atoms with Gasteiger partial charge in [-0.15, -0.1) is 0 Å². The van der Waals surface area contributed by atoms with Gasteiger partial charge in [-0.3, -0.25) is 0 Å². The SMILES string of the molecule is CC(C)NCc1noc(C(F)(F)F)n1. The van der Waals surface area contributed by atoms with E-state index in [9.17, 15) is 13.2 Å². The molecule has 1 rings (SSSR count). The Kier molecular flexibility index (Phi) is 3.10. The van der Waals surface area contributed by atoms with Crippen molar-refractivity contribution in [1.82, 2.24) is 15.5 Å². The summed E-state index contributed by atoms with van der Waals surface area (Å²) in [5.41, 5.74) is 0. The average Bonchev–Trinajstić information content (AvgIpc) is 2.47. The summed E-state index contributed by atoms with van der Waals surface area (Å²) >= 11 is 0. The fourth-order valence-corrected chi connectivity index (χ4v) is 0.736. The standard InChI is InChI=1S/C7H10F3N3O/c1-4(2)11-3-5-12-6(14-13-5)7(8,9)10/h4,11H,3H2,1-2H3. The molecule has 0 saturated heterocycles. The van der Waals surface area contributed by atoms with Gasteiger partial charge in [-0.25, -0.2) is 0 Å². The lowest BCUT2D eigenvalue weighted by molar-refractivity contribution is -0.159. The predicted octanol–water partition coefficient (Wildman–Crippen LogP) is 1.59. The monoisotopic (exact) mass is 209 g/mol. The quantitative estimate of drug-likeness (QED) is 0.821. The number of aromatic nitrogens is 2. The van der Waals surface area contributed by atoms with Crippen LogP contribution < -0.4 is 5.32 Å². The van der Waals surface area contributed by atoms with E-state index in [1.54, 1.807) is 0 Å². The highest BCUT2D eigenvalue weighted by Gasteiger charge is 2.38. The largest absolute Gasteiger partial charge is 0.471 e. The van der Waals surface area contributed by atoms with Crippen LogP contribution in [0.5, 0.6) is 0 Å². The summed E-state index contributed by atoms with van der Waals surface area (Å²) in [7, 11) is 0. The second-order valence-corrected chi connectivity index (χ2v) is 3.05. The van der Waals surface area contributed by atoms with Gasteiger partial charge in [0.2, 0.25) is 0 Å². The number of nitrogens with one attached hydrogen (secondary N) is 1. The molecule has 1 heterocycles. The first-order chi connectivity index (χ1) is 6.39. The Morgan fingerprint density at radius 1 is 1.43 bits per heavy atom. The fraction of sp³-hybridized carbons (Fsp3) is 0.714. The maximum Gasteiger partial charge on any atom is 0.471 e. The molecule has 0 fully saturated rings. The highest BCUT2D eigenvalue weighted by Crippen LogP contribution is 2.27. The van der Waals surface area contributed by atoms with E-state index < -0.39 is 12.1 Å². The molecule has 0 aliphatic rings. The van der Waals surface area contributed by atoms with Crippen LogP contribution in [-0.4, -0.2) is 16.2 Å². The maximum atomic E-state index is 12.0. The molecule has 0 atom stereocenters. The van der Waals surface area contributed by atoms with Crippen molar-refractivity contribution in [3.8, 4) is 0 Å². The molecule has 0 amide bonds. The topological polar surface area (TPSA) is 51.0 Å². The van der Waals surface area contributed by atoms with Crippen molar-refractivity contribution in [1.29, 1.82) is 0 Å². The van der Waals surface area contributed by atoms with Crippen LogP contribution in [0.4, 0.5) is 13.2 Å². The molecule has 7 heteroatoms. The Bertz CT molecular complexity index is 295. The van der Waals surface area contributed by atoms with Gasteiger partial charge in [0.1, 0.15) is 0 Å². The fourth-order valence-electron chi connectivity index (χ4n) is 0.736. The molecule has 1 aromatic rings. The highest BCUT2D eigenvalue weighted by atomic mass is 19.4. The first-order valence-corrected chi connectivity index (χ1v) is 4.02. The third-order valence-corrected chi connectivity index (χ3v) is 1.38. The first-order valence-electron chi connectivity index (χ1n) is 4.02. The van der Waals surface area contributed by atoms with Gasteiger partial charge in [0.15, 0.2) is 5.82 Å². The van der Waals surface area contributed by atoms with Gasteiger partial charge in [-0.1, -0.05) is 19.0 Å². The number of alkyl halides is 3. The van der Waals surface area contributed by atoms with Crippen molar-refractivity contribution < 1.29 is 17.7 Å². The highest BCUT2D eigenvalue weighted by molar-refractivity contribution is 4.89. The number of nitrogens with zero attached hydrogens (tertiary/aromatic N) is 2. The minimum Gasteiger partial charge on any atom is -0.329 e. The molecule has 1 aromatic heterocycles. The second kappa shape index (κ2) is 3.95. The van der Waals surface area contributed by atoms with Crippen LogP contribution >= 0.6 is 0 Å². The summed E-state index contributed by atoms with van der Waals surface area (Å²) in [5.74, 6) is -1.30. The van der Waals surface area contributed by atoms with Gasteiger partial charge in [-0.2, -0.15) is 18.2 Å². The minimum atomic E-state index is -4.57. The molecular formula is C7H10F3N3O. The van der Waals surface area contributed by atoms with Crippen molar-refractivity contribution in [3.63, 3.8) is 0 Å². The minimum absolute atomic E-state index is 0.00558. The van der Waals surface area contributed by atoms with E-state index in [-0.39, 0.29) is 18.4 Å². The van der Waals surface area contributed by atoms with Crippen molar-refractivity contribution >= 4 is 0 Å². The lowest BCUT2D eigenvalue weighted by Gasteiger charge is -2.03. The molecule has 0 aromatic carbocycles. The van der Waals surface area contributed by atoms with Gasteiger partial charge in [0.25, 0.3) is 0 Å². The Morgan fingerprint density at radius 3 is 2.50 bits per heavy atom. The van der Waals surface area contributed by atoms with Gasteiger partial charge in [0, 0.05) is 6.04 Å². The molecule has 0 aliphatic carbocycles. The molecule has 1 N–H and O–H groups in total. The number of hydrogen-bond acceptors (Lipinski definition) is 4. The predicted molar refractivity (Wildman–Crippen MR) is 41.3 cm³/mol. The van der Waals surface area contributed by atoms with Crippen LogP contribution in [0.15, 0.2) is 4.52 Å². The van der Waals surface area contributed by atoms with E-state index in [1.807, 2.05) is 13.8 Å². The van der Waals surface area contributed by atoms with Crippen LogP contribution in [-0.2, 0) is 12.7 Å². The molecular weight excluding hydrogens is 199 g/mol. The summed E-state index contributed by atoms with van der Waals surface area (Å²) in [6.45, 7) is 3.90. The molecule has 0 unspecified atom stereocenters. The molecule has 80 valence electrons. The van der Waals surface area contributed by atoms with Crippen LogP contribution in [0.3, 0.4) is 0 Å². The molecule has 0 bridgehead atoms. The average molecular weight is 209 g/mol. The molecule has 0 aliphatic heterocycles. The van der Waals surface area contributed by atoms with Crippen molar-refractivity contribution in [2.24, 2.45) is 0 Å². The van der Waals surface area contributed by atoms with Gasteiger partial charge >= 0.3 is 12.1 Å². The van der Waals surface area contributed by atoms with Gasteiger partial charge in [-0.05, 0) is 0 Å². The number of rotatable bonds is 3. The number of hydrogen-bond donors (Lipinski definition) is 1. The number of halogens is 3. The van der Waals surface area contributed by atoms with E-state index in [4.69, 9.17) is 0 Å². The van der Waals surface area contributed by atoms with E-state index in [0.717, 1.165) is 0 Å². The summed E-state index contributed by atoms with van der Waals surface area (Å²) in [6, 6.07) is 0.155.